The summed E-state index contributed by atoms with van der Waals surface area (Å²) in [5.74, 6) is -0.113. The maximum absolute atomic E-state index is 12.3. The molecule has 0 radical (unpaired) electrons. The van der Waals surface area contributed by atoms with Gasteiger partial charge in [-0.3, -0.25) is 9.59 Å². The summed E-state index contributed by atoms with van der Waals surface area (Å²) < 4.78 is 0. The van der Waals surface area contributed by atoms with Crippen molar-refractivity contribution in [2.45, 2.75) is 39.7 Å². The van der Waals surface area contributed by atoms with Crippen molar-refractivity contribution < 1.29 is 9.59 Å². The van der Waals surface area contributed by atoms with Crippen molar-refractivity contribution in [3.63, 3.8) is 0 Å². The predicted octanol–water partition coefficient (Wildman–Crippen LogP) is 4.28. The van der Waals surface area contributed by atoms with Crippen molar-refractivity contribution in [1.29, 1.82) is 0 Å². The molecule has 2 N–H and O–H groups in total. The van der Waals surface area contributed by atoms with Crippen molar-refractivity contribution in [1.82, 2.24) is 0 Å². The molecule has 4 nitrogen and oxygen atoms in total. The summed E-state index contributed by atoms with van der Waals surface area (Å²) in [6, 6.07) is 14.7. The van der Waals surface area contributed by atoms with E-state index in [4.69, 9.17) is 0 Å². The van der Waals surface area contributed by atoms with Gasteiger partial charge in [0.15, 0.2) is 5.78 Å². The van der Waals surface area contributed by atoms with Crippen LogP contribution >= 0.6 is 0 Å². The molecule has 0 saturated heterocycles. The first kappa shape index (κ1) is 17.7. The first-order chi connectivity index (χ1) is 11.5. The van der Waals surface area contributed by atoms with E-state index >= 15 is 0 Å². The number of ketones is 1. The van der Waals surface area contributed by atoms with E-state index < -0.39 is 0 Å². The summed E-state index contributed by atoms with van der Waals surface area (Å²) in [6.07, 6.45) is 2.18. The third kappa shape index (κ3) is 4.95. The number of carbonyl (C=O) groups excluding carboxylic acids is 2. The van der Waals surface area contributed by atoms with Gasteiger partial charge in [-0.2, -0.15) is 0 Å². The number of hydrogen-bond donors (Lipinski definition) is 2. The SMILES string of the molecule is CCCc1ccc(N[C@H](C)C(=O)Nc2ccc(C(C)=O)cc2)cc1. The molecule has 0 spiro atoms. The fourth-order valence-corrected chi connectivity index (χ4v) is 2.41. The van der Waals surface area contributed by atoms with Crippen LogP contribution in [0.15, 0.2) is 48.5 Å². The zero-order chi connectivity index (χ0) is 17.5. The van der Waals surface area contributed by atoms with Crippen LogP contribution in [0.4, 0.5) is 11.4 Å². The van der Waals surface area contributed by atoms with Crippen LogP contribution in [0.2, 0.25) is 0 Å². The van der Waals surface area contributed by atoms with Gasteiger partial charge in [0.2, 0.25) is 5.91 Å². The summed E-state index contributed by atoms with van der Waals surface area (Å²) in [5.41, 5.74) is 3.53. The molecule has 126 valence electrons. The highest BCUT2D eigenvalue weighted by molar-refractivity contribution is 5.97. The molecule has 0 aromatic heterocycles. The number of aryl methyl sites for hydroxylation is 1. The van der Waals surface area contributed by atoms with Crippen molar-refractivity contribution in [3.8, 4) is 0 Å². The normalized spacial score (nSPS) is 11.6. The number of benzene rings is 2. The smallest absolute Gasteiger partial charge is 0.246 e. The van der Waals surface area contributed by atoms with E-state index in [2.05, 4.69) is 29.7 Å². The number of anilines is 2. The second kappa shape index (κ2) is 8.29. The molecular formula is C20H24N2O2. The highest BCUT2D eigenvalue weighted by atomic mass is 16.2. The Hall–Kier alpha value is -2.62. The van der Waals surface area contributed by atoms with Crippen LogP contribution in [-0.4, -0.2) is 17.7 Å². The summed E-state index contributed by atoms with van der Waals surface area (Å²) in [6.45, 7) is 5.49. The van der Waals surface area contributed by atoms with Crippen LogP contribution in [0.3, 0.4) is 0 Å². The topological polar surface area (TPSA) is 58.2 Å². The molecule has 2 aromatic rings. The lowest BCUT2D eigenvalue weighted by Gasteiger charge is -2.16. The van der Waals surface area contributed by atoms with E-state index in [1.54, 1.807) is 24.3 Å². The van der Waals surface area contributed by atoms with Crippen molar-refractivity contribution in [2.75, 3.05) is 10.6 Å². The second-order valence-corrected chi connectivity index (χ2v) is 5.94. The lowest BCUT2D eigenvalue weighted by molar-refractivity contribution is -0.116. The Morgan fingerprint density at radius 1 is 0.958 bits per heavy atom. The molecule has 0 aliphatic carbocycles. The van der Waals surface area contributed by atoms with Crippen molar-refractivity contribution in [2.24, 2.45) is 0 Å². The Morgan fingerprint density at radius 2 is 1.54 bits per heavy atom. The predicted molar refractivity (Wildman–Crippen MR) is 98.6 cm³/mol. The number of carbonyl (C=O) groups is 2. The quantitative estimate of drug-likeness (QED) is 0.747. The molecule has 0 aliphatic heterocycles. The van der Waals surface area contributed by atoms with E-state index in [9.17, 15) is 9.59 Å². The van der Waals surface area contributed by atoms with Crippen LogP contribution in [-0.2, 0) is 11.2 Å². The average molecular weight is 324 g/mol. The highest BCUT2D eigenvalue weighted by Crippen LogP contribution is 2.14. The standard InChI is InChI=1S/C20H24N2O2/c1-4-5-16-6-10-18(11-7-16)21-14(2)20(24)22-19-12-8-17(9-13-19)15(3)23/h6-14,21H,4-5H2,1-3H3,(H,22,24)/t14-/m1/s1. The number of rotatable bonds is 7. The number of nitrogens with one attached hydrogen (secondary N) is 2. The number of Topliss-reactive ketones (excluding diaryl/α,β-unsaturated/α-hetero) is 1. The van der Waals surface area contributed by atoms with Gasteiger partial charge in [-0.1, -0.05) is 25.5 Å². The van der Waals surface area contributed by atoms with Gasteiger partial charge in [-0.25, -0.2) is 0 Å². The first-order valence-corrected chi connectivity index (χ1v) is 8.27. The van der Waals surface area contributed by atoms with Crippen molar-refractivity contribution in [3.05, 3.63) is 59.7 Å². The zero-order valence-corrected chi connectivity index (χ0v) is 14.4. The maximum Gasteiger partial charge on any atom is 0.246 e. The highest BCUT2D eigenvalue weighted by Gasteiger charge is 2.13. The third-order valence-electron chi connectivity index (χ3n) is 3.83. The molecule has 2 aromatic carbocycles. The van der Waals surface area contributed by atoms with Gasteiger partial charge in [0, 0.05) is 16.9 Å². The van der Waals surface area contributed by atoms with E-state index in [1.807, 2.05) is 19.1 Å². The molecule has 1 atom stereocenters. The van der Waals surface area contributed by atoms with Gasteiger partial charge in [0.1, 0.15) is 6.04 Å². The van der Waals surface area contributed by atoms with E-state index in [0.717, 1.165) is 18.5 Å². The molecule has 4 heteroatoms. The average Bonchev–Trinajstić information content (AvgIpc) is 2.57. The Balaban J connectivity index is 1.92. The largest absolute Gasteiger partial charge is 0.374 e. The van der Waals surface area contributed by atoms with E-state index in [-0.39, 0.29) is 17.7 Å². The maximum atomic E-state index is 12.3. The van der Waals surface area contributed by atoms with Crippen LogP contribution in [0, 0.1) is 0 Å². The monoisotopic (exact) mass is 324 g/mol. The number of amides is 1. The van der Waals surface area contributed by atoms with Gasteiger partial charge in [0.25, 0.3) is 0 Å². The van der Waals surface area contributed by atoms with Crippen LogP contribution in [0.25, 0.3) is 0 Å². The van der Waals surface area contributed by atoms with Gasteiger partial charge >= 0.3 is 0 Å². The Morgan fingerprint density at radius 3 is 2.08 bits per heavy atom. The molecule has 24 heavy (non-hydrogen) atoms. The second-order valence-electron chi connectivity index (χ2n) is 5.94. The molecule has 0 heterocycles. The summed E-state index contributed by atoms with van der Waals surface area (Å²) >= 11 is 0. The molecule has 0 fully saturated rings. The third-order valence-corrected chi connectivity index (χ3v) is 3.83. The molecule has 0 unspecified atom stereocenters. The Labute approximate surface area is 143 Å². The van der Waals surface area contributed by atoms with E-state index in [0.29, 0.717) is 11.3 Å². The fourth-order valence-electron chi connectivity index (χ4n) is 2.41. The molecule has 1 amide bonds. The van der Waals surface area contributed by atoms with Gasteiger partial charge < -0.3 is 10.6 Å². The summed E-state index contributed by atoms with van der Waals surface area (Å²) in [5, 5.41) is 6.04. The fraction of sp³-hybridized carbons (Fsp3) is 0.300. The lowest BCUT2D eigenvalue weighted by atomic mass is 10.1. The molecule has 0 saturated carbocycles. The minimum absolute atomic E-state index is 0.00873. The van der Waals surface area contributed by atoms with Gasteiger partial charge in [0.05, 0.1) is 0 Å². The molecule has 0 aliphatic rings. The summed E-state index contributed by atoms with van der Waals surface area (Å²) in [7, 11) is 0. The van der Waals surface area contributed by atoms with E-state index in [1.165, 1.54) is 12.5 Å². The van der Waals surface area contributed by atoms with Gasteiger partial charge in [-0.15, -0.1) is 0 Å². The summed E-state index contributed by atoms with van der Waals surface area (Å²) in [4.78, 5) is 23.5. The first-order valence-electron chi connectivity index (χ1n) is 8.27. The lowest BCUT2D eigenvalue weighted by Crippen LogP contribution is -2.31. The minimum atomic E-state index is -0.366. The number of hydrogen-bond acceptors (Lipinski definition) is 3. The zero-order valence-electron chi connectivity index (χ0n) is 14.4. The molecule has 0 bridgehead atoms. The Bertz CT molecular complexity index is 691. The van der Waals surface area contributed by atoms with Gasteiger partial charge in [-0.05, 0) is 62.2 Å². The van der Waals surface area contributed by atoms with Crippen LogP contribution in [0.1, 0.15) is 43.1 Å². The van der Waals surface area contributed by atoms with Crippen molar-refractivity contribution >= 4 is 23.1 Å². The minimum Gasteiger partial charge on any atom is -0.374 e. The molecular weight excluding hydrogens is 300 g/mol. The Kier molecular flexibility index (Phi) is 6.13. The van der Waals surface area contributed by atoms with Crippen LogP contribution < -0.4 is 10.6 Å². The molecule has 2 rings (SSSR count). The van der Waals surface area contributed by atoms with Crippen LogP contribution in [0.5, 0.6) is 0 Å².